The number of carbonyl (C=O) groups is 1. The Kier molecular flexibility index (Phi) is 20.6. The highest BCUT2D eigenvalue weighted by molar-refractivity contribution is 5.91. The van der Waals surface area contributed by atoms with Crippen molar-refractivity contribution in [2.75, 3.05) is 6.61 Å². The number of nitrogens with zero attached hydrogens (tertiary/aromatic N) is 1. The Balaban J connectivity index is 1.34. The molecule has 0 aromatic heterocycles. The molecule has 0 heterocycles. The fraction of sp³-hybridized carbons (Fsp3) is 0.489. The van der Waals surface area contributed by atoms with E-state index in [1.165, 1.54) is 82.4 Å². The molecule has 1 atom stereocenters. The summed E-state index contributed by atoms with van der Waals surface area (Å²) in [6.07, 6.45) is 29.0. The van der Waals surface area contributed by atoms with Gasteiger partial charge in [0.2, 0.25) is 0 Å². The molecule has 7 nitrogen and oxygen atoms in total. The van der Waals surface area contributed by atoms with E-state index in [1.807, 2.05) is 43.3 Å². The van der Waals surface area contributed by atoms with Crippen molar-refractivity contribution in [3.05, 3.63) is 107 Å². The highest BCUT2D eigenvalue weighted by atomic mass is 16.6. The van der Waals surface area contributed by atoms with Gasteiger partial charge < -0.3 is 14.2 Å². The van der Waals surface area contributed by atoms with Gasteiger partial charge in [-0.2, -0.15) is 0 Å². The predicted octanol–water partition coefficient (Wildman–Crippen LogP) is 13.4. The van der Waals surface area contributed by atoms with Crippen LogP contribution < -0.4 is 14.2 Å². The van der Waals surface area contributed by atoms with Crippen LogP contribution in [0.3, 0.4) is 0 Å². The molecule has 7 heteroatoms. The van der Waals surface area contributed by atoms with E-state index in [-0.39, 0.29) is 23.3 Å². The van der Waals surface area contributed by atoms with Crippen molar-refractivity contribution in [2.45, 2.75) is 136 Å². The Hall–Kier alpha value is -4.39. The summed E-state index contributed by atoms with van der Waals surface area (Å²) in [4.78, 5) is 24.1. The minimum atomic E-state index is -0.591. The van der Waals surface area contributed by atoms with Crippen LogP contribution in [0.25, 0.3) is 11.1 Å². The quantitative estimate of drug-likeness (QED) is 0.0195. The molecular weight excluding hydrogens is 650 g/mol. The summed E-state index contributed by atoms with van der Waals surface area (Å²) in [5, 5.41) is 11.8. The third kappa shape index (κ3) is 16.8. The normalized spacial score (nSPS) is 12.0. The van der Waals surface area contributed by atoms with Gasteiger partial charge in [-0.25, -0.2) is 4.79 Å². The molecule has 282 valence electrons. The van der Waals surface area contributed by atoms with Gasteiger partial charge in [0.15, 0.2) is 5.75 Å². The molecule has 3 rings (SSSR count). The number of unbranched alkanes of at least 4 members (excludes halogenated alkanes) is 12. The molecule has 0 amide bonds. The molecule has 0 unspecified atom stereocenters. The van der Waals surface area contributed by atoms with Crippen molar-refractivity contribution in [3.8, 4) is 28.4 Å². The van der Waals surface area contributed by atoms with E-state index in [4.69, 9.17) is 14.2 Å². The summed E-state index contributed by atoms with van der Waals surface area (Å²) < 4.78 is 17.3. The van der Waals surface area contributed by atoms with E-state index in [1.54, 1.807) is 12.1 Å². The monoisotopic (exact) mass is 711 g/mol. The largest absolute Gasteiger partial charge is 0.494 e. The molecule has 3 aromatic rings. The topological polar surface area (TPSA) is 87.9 Å². The number of nitro benzene ring substituents is 1. The third-order valence-corrected chi connectivity index (χ3v) is 9.05. The molecule has 0 aliphatic heterocycles. The molecule has 0 N–H and O–H groups in total. The van der Waals surface area contributed by atoms with E-state index in [0.29, 0.717) is 12.2 Å². The lowest BCUT2D eigenvalue weighted by Gasteiger charge is -2.15. The highest BCUT2D eigenvalue weighted by Crippen LogP contribution is 2.33. The molecule has 0 radical (unpaired) electrons. The van der Waals surface area contributed by atoms with Crippen LogP contribution in [0, 0.1) is 10.1 Å². The van der Waals surface area contributed by atoms with Crippen LogP contribution in [0.15, 0.2) is 91.0 Å². The van der Waals surface area contributed by atoms with E-state index in [2.05, 4.69) is 38.2 Å². The summed E-state index contributed by atoms with van der Waals surface area (Å²) in [6.45, 7) is 7.02. The Morgan fingerprint density at radius 2 is 1.25 bits per heavy atom. The standard InChI is InChI=1S/C45H61NO6/c1-4-6-8-10-11-12-13-14-15-16-17-18-19-20-21-23-35-50-41-31-29-39(30-32-41)38-25-27-40(28-26-38)45(47)52-42-33-34-44(43(36-42)46(48)49)51-37(3)24-22-9-7-5-2/h11-12,14-15,25-34,36-37H,4-10,13,16-24,35H2,1-3H3/b12-11+,15-14+/t37-/m0/s1. The fourth-order valence-corrected chi connectivity index (χ4v) is 5.93. The number of benzene rings is 3. The van der Waals surface area contributed by atoms with Crippen LogP contribution >= 0.6 is 0 Å². The minimum absolute atomic E-state index is 0.0924. The number of hydrogen-bond acceptors (Lipinski definition) is 6. The smallest absolute Gasteiger partial charge is 0.343 e. The Morgan fingerprint density at radius 3 is 1.90 bits per heavy atom. The fourth-order valence-electron chi connectivity index (χ4n) is 5.93. The van der Waals surface area contributed by atoms with Gasteiger partial charge in [-0.05, 0) is 106 Å². The Labute approximate surface area is 312 Å². The molecule has 0 spiro atoms. The van der Waals surface area contributed by atoms with Crippen LogP contribution in [-0.4, -0.2) is 23.6 Å². The van der Waals surface area contributed by atoms with Crippen molar-refractivity contribution in [3.63, 3.8) is 0 Å². The lowest BCUT2D eigenvalue weighted by molar-refractivity contribution is -0.386. The number of rotatable bonds is 27. The molecule has 0 saturated carbocycles. The molecule has 0 bridgehead atoms. The molecule has 0 fully saturated rings. The van der Waals surface area contributed by atoms with Crippen molar-refractivity contribution in [1.82, 2.24) is 0 Å². The van der Waals surface area contributed by atoms with Crippen LogP contribution in [0.4, 0.5) is 5.69 Å². The number of esters is 1. The summed E-state index contributed by atoms with van der Waals surface area (Å²) in [5.74, 6) is 0.519. The second-order valence-electron chi connectivity index (χ2n) is 13.6. The zero-order valence-corrected chi connectivity index (χ0v) is 31.9. The second kappa shape index (κ2) is 25.5. The van der Waals surface area contributed by atoms with E-state index < -0.39 is 10.9 Å². The van der Waals surface area contributed by atoms with Crippen LogP contribution in [-0.2, 0) is 0 Å². The lowest BCUT2D eigenvalue weighted by Crippen LogP contribution is -2.13. The van der Waals surface area contributed by atoms with Gasteiger partial charge in [0.25, 0.3) is 0 Å². The first-order valence-corrected chi connectivity index (χ1v) is 19.7. The summed E-state index contributed by atoms with van der Waals surface area (Å²) in [7, 11) is 0. The maximum atomic E-state index is 12.9. The van der Waals surface area contributed by atoms with Gasteiger partial charge in [0.05, 0.1) is 29.3 Å². The number of hydrogen-bond donors (Lipinski definition) is 0. The summed E-state index contributed by atoms with van der Waals surface area (Å²) >= 11 is 0. The van der Waals surface area contributed by atoms with Crippen LogP contribution in [0.2, 0.25) is 0 Å². The first-order valence-electron chi connectivity index (χ1n) is 19.7. The number of carbonyl (C=O) groups excluding carboxylic acids is 1. The van der Waals surface area contributed by atoms with Crippen molar-refractivity contribution in [2.24, 2.45) is 0 Å². The second-order valence-corrected chi connectivity index (χ2v) is 13.6. The van der Waals surface area contributed by atoms with Gasteiger partial charge in [-0.1, -0.05) is 120 Å². The van der Waals surface area contributed by atoms with E-state index in [0.717, 1.165) is 61.8 Å². The van der Waals surface area contributed by atoms with E-state index in [9.17, 15) is 14.9 Å². The predicted molar refractivity (Wildman–Crippen MR) is 214 cm³/mol. The summed E-state index contributed by atoms with van der Waals surface area (Å²) in [5.41, 5.74) is 2.08. The Bertz CT molecular complexity index is 1500. The molecule has 52 heavy (non-hydrogen) atoms. The molecule has 0 aliphatic rings. The molecule has 0 aliphatic carbocycles. The SMILES string of the molecule is CCCCC/C=C/C/C=C/CCCCCCCCOc1ccc(-c2ccc(C(=O)Oc3ccc(O[C@@H](C)CCCCCC)c([N+](=O)[O-])c3)cc2)cc1. The van der Waals surface area contributed by atoms with E-state index >= 15 is 0 Å². The van der Waals surface area contributed by atoms with Crippen molar-refractivity contribution in [1.29, 1.82) is 0 Å². The maximum Gasteiger partial charge on any atom is 0.343 e. The highest BCUT2D eigenvalue weighted by Gasteiger charge is 2.20. The average molecular weight is 712 g/mol. The van der Waals surface area contributed by atoms with Crippen molar-refractivity contribution >= 4 is 11.7 Å². The number of nitro groups is 1. The van der Waals surface area contributed by atoms with Gasteiger partial charge in [0.1, 0.15) is 11.5 Å². The van der Waals surface area contributed by atoms with Crippen LogP contribution in [0.5, 0.6) is 17.2 Å². The zero-order valence-electron chi connectivity index (χ0n) is 31.9. The Morgan fingerprint density at radius 1 is 0.692 bits per heavy atom. The number of allylic oxidation sites excluding steroid dienone is 4. The molecule has 0 saturated heterocycles. The summed E-state index contributed by atoms with van der Waals surface area (Å²) in [6, 6.07) is 19.3. The zero-order chi connectivity index (χ0) is 37.2. The lowest BCUT2D eigenvalue weighted by atomic mass is 10.0. The third-order valence-electron chi connectivity index (χ3n) is 9.05. The van der Waals surface area contributed by atoms with Crippen LogP contribution in [0.1, 0.15) is 140 Å². The van der Waals surface area contributed by atoms with Gasteiger partial charge in [-0.3, -0.25) is 10.1 Å². The van der Waals surface area contributed by atoms with Crippen molar-refractivity contribution < 1.29 is 23.9 Å². The number of ether oxygens (including phenoxy) is 3. The first kappa shape index (κ1) is 42.0. The average Bonchev–Trinajstić information content (AvgIpc) is 3.15. The van der Waals surface area contributed by atoms with Gasteiger partial charge in [0, 0.05) is 0 Å². The van der Waals surface area contributed by atoms with Gasteiger partial charge >= 0.3 is 11.7 Å². The maximum absolute atomic E-state index is 12.9. The first-order chi connectivity index (χ1) is 25.4. The molecule has 3 aromatic carbocycles. The van der Waals surface area contributed by atoms with Gasteiger partial charge in [-0.15, -0.1) is 0 Å². The molecular formula is C45H61NO6. The minimum Gasteiger partial charge on any atom is -0.494 e.